The number of hydrogen-bond acceptors (Lipinski definition) is 2. The van der Waals surface area contributed by atoms with Crippen LogP contribution in [-0.2, 0) is 0 Å². The third kappa shape index (κ3) is 3.02. The molecule has 0 N–H and O–H groups in total. The van der Waals surface area contributed by atoms with Crippen molar-refractivity contribution in [2.75, 3.05) is 13.1 Å². The summed E-state index contributed by atoms with van der Waals surface area (Å²) in [4.78, 5) is 3.45. The van der Waals surface area contributed by atoms with Gasteiger partial charge in [-0.3, -0.25) is 0 Å². The summed E-state index contributed by atoms with van der Waals surface area (Å²) in [7, 11) is 0. The average Bonchev–Trinajstić information content (AvgIpc) is 2.01. The van der Waals surface area contributed by atoms with Crippen LogP contribution in [0.4, 0.5) is 0 Å². The molecular weight excluding hydrogens is 154 g/mol. The largest absolute Gasteiger partial charge is 0.373 e. The summed E-state index contributed by atoms with van der Waals surface area (Å²) in [6, 6.07) is 0. The summed E-state index contributed by atoms with van der Waals surface area (Å²) >= 11 is 4.31. The number of nitrogens with zero attached hydrogens (tertiary/aromatic N) is 1. The van der Waals surface area contributed by atoms with Crippen molar-refractivity contribution in [2.45, 2.75) is 19.8 Å². The van der Waals surface area contributed by atoms with Gasteiger partial charge in [0.15, 0.2) is 0 Å². The second-order valence-electron chi connectivity index (χ2n) is 2.82. The summed E-state index contributed by atoms with van der Waals surface area (Å²) in [5.41, 5.74) is 0. The Morgan fingerprint density at radius 3 is 3.09 bits per heavy atom. The molecule has 0 bridgehead atoms. The summed E-state index contributed by atoms with van der Waals surface area (Å²) < 4.78 is 0. The average molecular weight is 169 g/mol. The van der Waals surface area contributed by atoms with E-state index in [9.17, 15) is 0 Å². The van der Waals surface area contributed by atoms with E-state index in [1.807, 2.05) is 6.08 Å². The topological polar surface area (TPSA) is 3.24 Å². The molecule has 1 aliphatic rings. The van der Waals surface area contributed by atoms with Crippen LogP contribution in [-0.4, -0.2) is 18.0 Å². The number of allylic oxidation sites excluding steroid dienone is 2. The summed E-state index contributed by atoms with van der Waals surface area (Å²) in [6.07, 6.45) is 8.77. The van der Waals surface area contributed by atoms with Gasteiger partial charge in [-0.25, -0.2) is 0 Å². The van der Waals surface area contributed by atoms with Gasteiger partial charge in [0.2, 0.25) is 0 Å². The first kappa shape index (κ1) is 8.72. The molecular formula is C9H15NS. The molecule has 0 aromatic rings. The molecule has 1 nitrogen and oxygen atoms in total. The van der Waals surface area contributed by atoms with Crippen molar-refractivity contribution in [3.05, 3.63) is 23.3 Å². The predicted octanol–water partition coefficient (Wildman–Crippen LogP) is 2.43. The van der Waals surface area contributed by atoms with Gasteiger partial charge in [0, 0.05) is 18.0 Å². The Hall–Kier alpha value is -0.370. The fourth-order valence-electron chi connectivity index (χ4n) is 1.10. The summed E-state index contributed by atoms with van der Waals surface area (Å²) in [6.45, 7) is 4.36. The molecule has 0 aromatic carbocycles. The third-order valence-corrected chi connectivity index (χ3v) is 2.04. The van der Waals surface area contributed by atoms with Gasteiger partial charge in [-0.05, 0) is 24.8 Å². The summed E-state index contributed by atoms with van der Waals surface area (Å²) in [5.74, 6) is 0. The Morgan fingerprint density at radius 2 is 2.45 bits per heavy atom. The highest BCUT2D eigenvalue weighted by molar-refractivity contribution is 7.84. The van der Waals surface area contributed by atoms with Crippen LogP contribution in [0.25, 0.3) is 0 Å². The van der Waals surface area contributed by atoms with Gasteiger partial charge >= 0.3 is 0 Å². The molecule has 11 heavy (non-hydrogen) atoms. The van der Waals surface area contributed by atoms with E-state index in [2.05, 4.69) is 36.7 Å². The highest BCUT2D eigenvalue weighted by Crippen LogP contribution is 2.10. The van der Waals surface area contributed by atoms with Crippen LogP contribution >= 0.6 is 12.6 Å². The van der Waals surface area contributed by atoms with Gasteiger partial charge < -0.3 is 4.90 Å². The Bertz CT molecular complexity index is 172. The van der Waals surface area contributed by atoms with Gasteiger partial charge in [-0.1, -0.05) is 13.3 Å². The van der Waals surface area contributed by atoms with Gasteiger partial charge in [0.05, 0.1) is 0 Å². The van der Waals surface area contributed by atoms with Crippen LogP contribution in [0.3, 0.4) is 0 Å². The van der Waals surface area contributed by atoms with Crippen molar-refractivity contribution >= 4 is 12.6 Å². The van der Waals surface area contributed by atoms with Crippen LogP contribution < -0.4 is 0 Å². The van der Waals surface area contributed by atoms with Crippen molar-refractivity contribution in [1.29, 1.82) is 0 Å². The lowest BCUT2D eigenvalue weighted by molar-refractivity contribution is 0.398. The minimum absolute atomic E-state index is 0.986. The zero-order valence-corrected chi connectivity index (χ0v) is 7.85. The Labute approximate surface area is 74.2 Å². The van der Waals surface area contributed by atoms with Gasteiger partial charge in [0.1, 0.15) is 0 Å². The van der Waals surface area contributed by atoms with Gasteiger partial charge in [0.25, 0.3) is 0 Å². The van der Waals surface area contributed by atoms with E-state index in [0.717, 1.165) is 18.0 Å². The quantitative estimate of drug-likeness (QED) is 0.635. The summed E-state index contributed by atoms with van der Waals surface area (Å²) in [5, 5.41) is 0. The van der Waals surface area contributed by atoms with Gasteiger partial charge in [-0.2, -0.15) is 0 Å². The van der Waals surface area contributed by atoms with E-state index < -0.39 is 0 Å². The zero-order chi connectivity index (χ0) is 8.10. The maximum atomic E-state index is 4.31. The molecule has 0 unspecified atom stereocenters. The van der Waals surface area contributed by atoms with Crippen LogP contribution in [0.5, 0.6) is 0 Å². The molecule has 0 amide bonds. The minimum atomic E-state index is 0.986. The van der Waals surface area contributed by atoms with E-state index in [0.29, 0.717) is 0 Å². The number of rotatable bonds is 3. The number of unbranched alkanes of at least 4 members (excludes halogenated alkanes) is 1. The fraction of sp³-hybridized carbons (Fsp3) is 0.556. The van der Waals surface area contributed by atoms with Gasteiger partial charge in [-0.15, -0.1) is 12.6 Å². The van der Waals surface area contributed by atoms with E-state index in [1.165, 1.54) is 12.8 Å². The maximum absolute atomic E-state index is 4.31. The first-order valence-electron chi connectivity index (χ1n) is 4.13. The Kier molecular flexibility index (Phi) is 3.57. The molecule has 0 saturated heterocycles. The predicted molar refractivity (Wildman–Crippen MR) is 52.7 cm³/mol. The smallest absolute Gasteiger partial charge is 0.0480 e. The van der Waals surface area contributed by atoms with E-state index in [1.54, 1.807) is 0 Å². The Morgan fingerprint density at radius 1 is 1.64 bits per heavy atom. The molecule has 1 aliphatic heterocycles. The van der Waals surface area contributed by atoms with Crippen molar-refractivity contribution in [3.63, 3.8) is 0 Å². The second-order valence-corrected chi connectivity index (χ2v) is 3.40. The standard InChI is InChI=1S/C9H15NS/c1-2-3-6-10-7-4-5-9(11)8-10/h4-5,7,11H,2-3,6,8H2,1H3. The van der Waals surface area contributed by atoms with E-state index >= 15 is 0 Å². The first-order chi connectivity index (χ1) is 5.33. The molecule has 62 valence electrons. The molecule has 0 fully saturated rings. The lowest BCUT2D eigenvalue weighted by Gasteiger charge is -2.22. The molecule has 1 heterocycles. The van der Waals surface area contributed by atoms with Crippen LogP contribution in [0.1, 0.15) is 19.8 Å². The van der Waals surface area contributed by atoms with Crippen LogP contribution in [0.15, 0.2) is 23.3 Å². The Balaban J connectivity index is 2.28. The van der Waals surface area contributed by atoms with Crippen molar-refractivity contribution in [1.82, 2.24) is 4.90 Å². The molecule has 0 atom stereocenters. The molecule has 2 heteroatoms. The third-order valence-electron chi connectivity index (χ3n) is 1.75. The van der Waals surface area contributed by atoms with Crippen LogP contribution in [0, 0.1) is 0 Å². The fourth-order valence-corrected chi connectivity index (χ4v) is 1.37. The monoisotopic (exact) mass is 169 g/mol. The zero-order valence-electron chi connectivity index (χ0n) is 6.95. The number of hydrogen-bond donors (Lipinski definition) is 1. The molecule has 0 spiro atoms. The SMILES string of the molecule is CCCCN1C=CC=C(S)C1. The molecule has 0 aliphatic carbocycles. The highest BCUT2D eigenvalue weighted by Gasteiger charge is 2.02. The van der Waals surface area contributed by atoms with Crippen LogP contribution in [0.2, 0.25) is 0 Å². The van der Waals surface area contributed by atoms with E-state index in [4.69, 9.17) is 0 Å². The second kappa shape index (κ2) is 4.50. The lowest BCUT2D eigenvalue weighted by Crippen LogP contribution is -2.21. The van der Waals surface area contributed by atoms with Crippen molar-refractivity contribution in [2.24, 2.45) is 0 Å². The highest BCUT2D eigenvalue weighted by atomic mass is 32.1. The minimum Gasteiger partial charge on any atom is -0.373 e. The number of thiol groups is 1. The first-order valence-corrected chi connectivity index (χ1v) is 4.58. The molecule has 0 saturated carbocycles. The molecule has 0 aromatic heterocycles. The normalized spacial score (nSPS) is 16.9. The maximum Gasteiger partial charge on any atom is 0.0480 e. The molecule has 1 rings (SSSR count). The van der Waals surface area contributed by atoms with Crippen molar-refractivity contribution in [3.8, 4) is 0 Å². The molecule has 0 radical (unpaired) electrons. The van der Waals surface area contributed by atoms with E-state index in [-0.39, 0.29) is 0 Å². The lowest BCUT2D eigenvalue weighted by atomic mass is 10.3. The van der Waals surface area contributed by atoms with Crippen molar-refractivity contribution < 1.29 is 0 Å².